The summed E-state index contributed by atoms with van der Waals surface area (Å²) < 4.78 is 13.5. The minimum atomic E-state index is -0.426. The van der Waals surface area contributed by atoms with E-state index >= 15 is 0 Å². The van der Waals surface area contributed by atoms with Crippen LogP contribution in [0.5, 0.6) is 0 Å². The van der Waals surface area contributed by atoms with Gasteiger partial charge in [0.1, 0.15) is 5.82 Å². The molecule has 0 aliphatic heterocycles. The van der Waals surface area contributed by atoms with Gasteiger partial charge in [0.2, 0.25) is 0 Å². The fraction of sp³-hybridized carbons (Fsp3) is 0.600. The van der Waals surface area contributed by atoms with E-state index in [0.29, 0.717) is 17.0 Å². The monoisotopic (exact) mass is 305 g/mol. The summed E-state index contributed by atoms with van der Waals surface area (Å²) in [6.07, 6.45) is 2.25. The van der Waals surface area contributed by atoms with Crippen LogP contribution in [0.15, 0.2) is 12.1 Å². The summed E-state index contributed by atoms with van der Waals surface area (Å²) in [5.74, 6) is 0.184. The quantitative estimate of drug-likeness (QED) is 0.674. The van der Waals surface area contributed by atoms with E-state index in [1.807, 2.05) is 6.92 Å². The van der Waals surface area contributed by atoms with E-state index in [9.17, 15) is 4.39 Å². The summed E-state index contributed by atoms with van der Waals surface area (Å²) in [5.41, 5.74) is 0.751. The van der Waals surface area contributed by atoms with Gasteiger partial charge in [-0.2, -0.15) is 0 Å². The molecule has 0 aromatic heterocycles. The highest BCUT2D eigenvalue weighted by atomic mass is 35.5. The highest BCUT2D eigenvalue weighted by Crippen LogP contribution is 2.29. The zero-order chi connectivity index (χ0) is 14.6. The van der Waals surface area contributed by atoms with Crippen LogP contribution in [-0.4, -0.2) is 6.04 Å². The molecular weight excluding hydrogens is 284 g/mol. The molecule has 0 spiro atoms. The van der Waals surface area contributed by atoms with Crippen molar-refractivity contribution in [3.8, 4) is 0 Å². The largest absolute Gasteiger partial charge is 0.307 e. The lowest BCUT2D eigenvalue weighted by atomic mass is 9.94. The molecule has 0 amide bonds. The van der Waals surface area contributed by atoms with Crippen LogP contribution in [0.3, 0.4) is 0 Å². The highest BCUT2D eigenvalue weighted by Gasteiger charge is 2.19. The van der Waals surface area contributed by atoms with Crippen LogP contribution in [0.25, 0.3) is 0 Å². The van der Waals surface area contributed by atoms with Gasteiger partial charge in [-0.1, -0.05) is 49.9 Å². The van der Waals surface area contributed by atoms with Crippen molar-refractivity contribution < 1.29 is 4.39 Å². The van der Waals surface area contributed by atoms with Crippen molar-refractivity contribution in [3.63, 3.8) is 0 Å². The number of rotatable bonds is 6. The first-order valence-corrected chi connectivity index (χ1v) is 7.56. The third-order valence-corrected chi connectivity index (χ3v) is 4.39. The molecule has 108 valence electrons. The molecular formula is C15H22Cl2FN. The predicted molar refractivity (Wildman–Crippen MR) is 81.5 cm³/mol. The third kappa shape index (κ3) is 4.34. The van der Waals surface area contributed by atoms with Crippen molar-refractivity contribution in [2.24, 2.45) is 5.92 Å². The van der Waals surface area contributed by atoms with E-state index in [2.05, 4.69) is 26.1 Å². The Morgan fingerprint density at radius 3 is 2.21 bits per heavy atom. The van der Waals surface area contributed by atoms with Gasteiger partial charge in [-0.25, -0.2) is 4.39 Å². The summed E-state index contributed by atoms with van der Waals surface area (Å²) in [6, 6.07) is 3.24. The molecule has 0 saturated heterocycles. The average Bonchev–Trinajstić information content (AvgIpc) is 2.35. The van der Waals surface area contributed by atoms with Crippen molar-refractivity contribution in [2.45, 2.75) is 52.6 Å². The summed E-state index contributed by atoms with van der Waals surface area (Å²) in [4.78, 5) is 0. The van der Waals surface area contributed by atoms with Crippen molar-refractivity contribution in [1.82, 2.24) is 5.32 Å². The van der Waals surface area contributed by atoms with Gasteiger partial charge in [0.15, 0.2) is 0 Å². The van der Waals surface area contributed by atoms with Gasteiger partial charge in [-0.05, 0) is 37.5 Å². The van der Waals surface area contributed by atoms with Crippen molar-refractivity contribution >= 4 is 23.2 Å². The maximum atomic E-state index is 13.5. The van der Waals surface area contributed by atoms with E-state index in [-0.39, 0.29) is 11.1 Å². The molecule has 1 nitrogen and oxygen atoms in total. The number of nitrogens with one attached hydrogen (secondary N) is 1. The predicted octanol–water partition coefficient (Wildman–Crippen LogP) is 5.61. The van der Waals surface area contributed by atoms with E-state index in [4.69, 9.17) is 23.2 Å². The summed E-state index contributed by atoms with van der Waals surface area (Å²) in [7, 11) is 0. The Morgan fingerprint density at radius 2 is 1.68 bits per heavy atom. The highest BCUT2D eigenvalue weighted by molar-refractivity contribution is 6.35. The Kier molecular flexibility index (Phi) is 6.58. The number of benzene rings is 1. The smallest absolute Gasteiger partial charge is 0.142 e. The first-order valence-electron chi connectivity index (χ1n) is 6.81. The Hall–Kier alpha value is -0.310. The van der Waals surface area contributed by atoms with E-state index in [1.165, 1.54) is 12.1 Å². The molecule has 19 heavy (non-hydrogen) atoms. The molecule has 4 heteroatoms. The normalized spacial score (nSPS) is 14.7. The standard InChI is InChI=1S/C15H22Cl2FN/c1-5-11(6-2)9(3)19-10(4)12-7-15(18)14(17)8-13(12)16/h7-11,19H,5-6H2,1-4H3. The van der Waals surface area contributed by atoms with Gasteiger partial charge in [0.25, 0.3) is 0 Å². The lowest BCUT2D eigenvalue weighted by Crippen LogP contribution is -2.35. The molecule has 0 radical (unpaired) electrons. The van der Waals surface area contributed by atoms with Gasteiger partial charge in [-0.3, -0.25) is 0 Å². The van der Waals surface area contributed by atoms with Crippen LogP contribution in [0.1, 0.15) is 52.1 Å². The fourth-order valence-electron chi connectivity index (χ4n) is 2.49. The first kappa shape index (κ1) is 16.7. The van der Waals surface area contributed by atoms with Gasteiger partial charge in [-0.15, -0.1) is 0 Å². The first-order chi connectivity index (χ1) is 8.90. The average molecular weight is 306 g/mol. The number of hydrogen-bond donors (Lipinski definition) is 1. The minimum Gasteiger partial charge on any atom is -0.307 e. The summed E-state index contributed by atoms with van der Waals surface area (Å²) in [6.45, 7) is 8.53. The van der Waals surface area contributed by atoms with Gasteiger partial charge in [0.05, 0.1) is 5.02 Å². The van der Waals surface area contributed by atoms with Crippen LogP contribution >= 0.6 is 23.2 Å². The van der Waals surface area contributed by atoms with E-state index in [0.717, 1.165) is 18.4 Å². The molecule has 1 N–H and O–H groups in total. The van der Waals surface area contributed by atoms with Crippen LogP contribution < -0.4 is 5.32 Å². The topological polar surface area (TPSA) is 12.0 Å². The zero-order valence-corrected chi connectivity index (χ0v) is 13.4. The van der Waals surface area contributed by atoms with E-state index in [1.54, 1.807) is 0 Å². The van der Waals surface area contributed by atoms with Crippen molar-refractivity contribution in [3.05, 3.63) is 33.6 Å². The second kappa shape index (κ2) is 7.47. The molecule has 0 heterocycles. The van der Waals surface area contributed by atoms with Crippen LogP contribution in [0.4, 0.5) is 4.39 Å². The number of hydrogen-bond acceptors (Lipinski definition) is 1. The van der Waals surface area contributed by atoms with E-state index < -0.39 is 5.82 Å². The molecule has 0 aliphatic rings. The van der Waals surface area contributed by atoms with Gasteiger partial charge >= 0.3 is 0 Å². The zero-order valence-electron chi connectivity index (χ0n) is 11.9. The lowest BCUT2D eigenvalue weighted by Gasteiger charge is -2.27. The Morgan fingerprint density at radius 1 is 1.11 bits per heavy atom. The van der Waals surface area contributed by atoms with Crippen LogP contribution in [-0.2, 0) is 0 Å². The Bertz CT molecular complexity index is 419. The molecule has 1 rings (SSSR count). The molecule has 2 atom stereocenters. The van der Waals surface area contributed by atoms with Crippen molar-refractivity contribution in [2.75, 3.05) is 0 Å². The van der Waals surface area contributed by atoms with Crippen LogP contribution in [0, 0.1) is 11.7 Å². The Labute approximate surface area is 125 Å². The molecule has 1 aromatic carbocycles. The lowest BCUT2D eigenvalue weighted by molar-refractivity contribution is 0.330. The maximum absolute atomic E-state index is 13.5. The molecule has 1 aromatic rings. The molecule has 2 unspecified atom stereocenters. The molecule has 0 bridgehead atoms. The van der Waals surface area contributed by atoms with Gasteiger partial charge < -0.3 is 5.32 Å². The molecule has 0 saturated carbocycles. The summed E-state index contributed by atoms with van der Waals surface area (Å²) in [5, 5.41) is 4.06. The molecule has 0 aliphatic carbocycles. The minimum absolute atomic E-state index is 0.00475. The van der Waals surface area contributed by atoms with Crippen molar-refractivity contribution in [1.29, 1.82) is 0 Å². The number of halogens is 3. The van der Waals surface area contributed by atoms with Gasteiger partial charge in [0, 0.05) is 17.1 Å². The fourth-order valence-corrected chi connectivity index (χ4v) is 3.03. The third-order valence-electron chi connectivity index (χ3n) is 3.77. The Balaban J connectivity index is 2.83. The SMILES string of the molecule is CCC(CC)C(C)NC(C)c1cc(F)c(Cl)cc1Cl. The second-order valence-corrected chi connectivity index (χ2v) is 5.86. The van der Waals surface area contributed by atoms with Crippen LogP contribution in [0.2, 0.25) is 10.0 Å². The maximum Gasteiger partial charge on any atom is 0.142 e. The summed E-state index contributed by atoms with van der Waals surface area (Å²) >= 11 is 11.8. The second-order valence-electron chi connectivity index (χ2n) is 5.04. The molecule has 0 fully saturated rings.